The van der Waals surface area contributed by atoms with Crippen LogP contribution in [0.15, 0.2) is 12.7 Å². The number of thioether (sulfide) groups is 1. The van der Waals surface area contributed by atoms with E-state index >= 15 is 0 Å². The number of anilines is 1. The van der Waals surface area contributed by atoms with Crippen molar-refractivity contribution in [3.8, 4) is 0 Å². The van der Waals surface area contributed by atoms with E-state index in [-0.39, 0.29) is 42.2 Å². The maximum absolute atomic E-state index is 12.6. The van der Waals surface area contributed by atoms with Gasteiger partial charge >= 0.3 is 29.4 Å². The fourth-order valence-electron chi connectivity index (χ4n) is 4.47. The lowest BCUT2D eigenvalue weighted by Crippen LogP contribution is -2.46. The number of aliphatic hydroxyl groups excluding tert-OH is 2. The van der Waals surface area contributed by atoms with E-state index in [2.05, 4.69) is 34.4 Å². The zero-order valence-electron chi connectivity index (χ0n) is 28.1. The number of aliphatic hydroxyl groups is 2. The zero-order chi connectivity index (χ0) is 40.6. The van der Waals surface area contributed by atoms with E-state index in [9.17, 15) is 62.7 Å². The number of aliphatic carboxylic acids is 1. The minimum Gasteiger partial charge on any atom is -0.481 e. The molecule has 26 nitrogen and oxygen atoms in total. The lowest BCUT2D eigenvalue weighted by Gasteiger charge is -2.30. The number of carboxylic acid groups (broad SMARTS) is 1. The van der Waals surface area contributed by atoms with Gasteiger partial charge in [0.15, 0.2) is 22.8 Å². The molecule has 1 aliphatic rings. The van der Waals surface area contributed by atoms with Gasteiger partial charge in [0.05, 0.1) is 19.5 Å². The average Bonchev–Trinajstić information content (AvgIpc) is 3.60. The molecule has 1 saturated heterocycles. The number of hydrogen-bond acceptors (Lipinski definition) is 19. The summed E-state index contributed by atoms with van der Waals surface area (Å²) in [5.74, 6) is -2.80. The molecule has 304 valence electrons. The monoisotopic (exact) mass is 857 g/mol. The molecular weight excluding hydrogens is 819 g/mol. The largest absolute Gasteiger partial charge is 0.481 e. The molecule has 0 aromatic carbocycles. The van der Waals surface area contributed by atoms with Crippen LogP contribution in [0.1, 0.15) is 32.9 Å². The second-order valence-electron chi connectivity index (χ2n) is 11.9. The van der Waals surface area contributed by atoms with Crippen molar-refractivity contribution in [1.29, 1.82) is 0 Å². The van der Waals surface area contributed by atoms with E-state index in [0.717, 1.165) is 29.0 Å². The van der Waals surface area contributed by atoms with Gasteiger partial charge in [-0.3, -0.25) is 37.3 Å². The molecule has 0 radical (unpaired) electrons. The van der Waals surface area contributed by atoms with Crippen molar-refractivity contribution >= 4 is 75.1 Å². The van der Waals surface area contributed by atoms with Crippen molar-refractivity contribution in [2.24, 2.45) is 5.41 Å². The average molecular weight is 858 g/mol. The highest BCUT2D eigenvalue weighted by Gasteiger charge is 2.50. The summed E-state index contributed by atoms with van der Waals surface area (Å²) in [6.45, 7) is 0.132. The van der Waals surface area contributed by atoms with Gasteiger partial charge in [0.2, 0.25) is 11.8 Å². The third kappa shape index (κ3) is 13.6. The SMILES string of the molecule is CC(C)(COP(=O)(O)OP(=O)(O)OC[C@H]1O[C@@H](n2cnc3c(N)ncnc32)[C@H](O)[C@@H]1OP(=O)(O)O)[C@@H](O)C(=O)NCCC(=O)NCCS[14C](=O)C[14C](=O)O. The van der Waals surface area contributed by atoms with Crippen LogP contribution >= 0.6 is 35.2 Å². The van der Waals surface area contributed by atoms with E-state index in [1.54, 1.807) is 0 Å². The number of nitrogens with zero attached hydrogens (tertiary/aromatic N) is 4. The summed E-state index contributed by atoms with van der Waals surface area (Å²) in [5.41, 5.74) is 4.19. The molecule has 11 N–H and O–H groups in total. The second kappa shape index (κ2) is 18.8. The predicted octanol–water partition coefficient (Wildman–Crippen LogP) is -1.86. The van der Waals surface area contributed by atoms with Gasteiger partial charge in [-0.15, -0.1) is 0 Å². The number of carbonyl (C=O) groups excluding carboxylic acids is 3. The number of rotatable bonds is 21. The van der Waals surface area contributed by atoms with Gasteiger partial charge in [0, 0.05) is 30.7 Å². The molecule has 1 fully saturated rings. The molecule has 2 amide bonds. The Morgan fingerprint density at radius 3 is 2.41 bits per heavy atom. The van der Waals surface area contributed by atoms with Gasteiger partial charge in [-0.05, 0) is 0 Å². The van der Waals surface area contributed by atoms with Crippen molar-refractivity contribution < 1.29 is 90.4 Å². The first-order chi connectivity index (χ1) is 24.9. The third-order valence-corrected chi connectivity index (χ3v) is 11.0. The third-order valence-electron chi connectivity index (χ3n) is 7.06. The van der Waals surface area contributed by atoms with Crippen LogP contribution in [0.25, 0.3) is 11.2 Å². The second-order valence-corrected chi connectivity index (χ2v) is 17.2. The minimum absolute atomic E-state index is 0.0185. The number of aromatic nitrogens is 4. The molecule has 54 heavy (non-hydrogen) atoms. The molecule has 2 aromatic rings. The van der Waals surface area contributed by atoms with Crippen molar-refractivity contribution in [3.63, 3.8) is 0 Å². The smallest absolute Gasteiger partial charge is 0.481 e. The molecule has 0 bridgehead atoms. The van der Waals surface area contributed by atoms with E-state index in [0.29, 0.717) is 0 Å². The zero-order valence-corrected chi connectivity index (χ0v) is 31.6. The van der Waals surface area contributed by atoms with E-state index in [4.69, 9.17) is 24.6 Å². The number of fused-ring (bicyclic) bond motifs is 1. The van der Waals surface area contributed by atoms with Gasteiger partial charge in [-0.2, -0.15) is 4.31 Å². The van der Waals surface area contributed by atoms with Gasteiger partial charge in [0.25, 0.3) is 0 Å². The summed E-state index contributed by atoms with van der Waals surface area (Å²) in [6, 6.07) is 0. The molecule has 3 heterocycles. The Kier molecular flexibility index (Phi) is 15.8. The van der Waals surface area contributed by atoms with Crippen LogP contribution in [0, 0.1) is 5.41 Å². The Labute approximate surface area is 308 Å². The first-order valence-corrected chi connectivity index (χ1v) is 20.7. The minimum atomic E-state index is -5.59. The van der Waals surface area contributed by atoms with E-state index in [1.165, 1.54) is 13.8 Å². The van der Waals surface area contributed by atoms with E-state index < -0.39 is 102 Å². The highest BCUT2D eigenvalue weighted by Crippen LogP contribution is 2.61. The standard InChI is InChI=1S/C24H38N7O19P3S/c1-24(2,19(37)22(38)27-4-3-13(32)26-5-6-54-15(35)7-14(33)34)9-47-53(44,45)50-52(42,43)46-8-12-18(49-51(39,40)41)17(36)23(48-12)31-11-30-16-20(25)28-10-29-21(16)31/h10-12,17-19,23,36-37H,3-9H2,1-2H3,(H,26,32)(H,27,38)(H,33,34)(H,42,43)(H,44,45)(H2,25,28,29)(H2,39,40,41)/t12-,17-,18-,19+,23-/m1/s1/i14+2,15+2. The van der Waals surface area contributed by atoms with Gasteiger partial charge in [-0.25, -0.2) is 28.6 Å². The number of hydrogen-bond donors (Lipinski definition) is 10. The number of nitrogens with two attached hydrogens (primary N) is 1. The highest BCUT2D eigenvalue weighted by atomic mass is 32.2. The molecule has 0 aliphatic carbocycles. The molecule has 3 rings (SSSR count). The number of phosphoric ester groups is 3. The normalized spacial score (nSPS) is 21.9. The molecule has 1 aliphatic heterocycles. The summed E-state index contributed by atoms with van der Waals surface area (Å²) in [7, 11) is -16.4. The van der Waals surface area contributed by atoms with Crippen LogP contribution < -0.4 is 16.4 Å². The molecule has 0 spiro atoms. The Hall–Kier alpha value is -2.97. The first kappa shape index (κ1) is 45.4. The number of amides is 2. The molecular formula is C24H38N7O19P3S. The Bertz CT molecular complexity index is 1830. The fraction of sp³-hybridized carbons (Fsp3) is 0.625. The van der Waals surface area contributed by atoms with Crippen molar-refractivity contribution in [3.05, 3.63) is 12.7 Å². The molecule has 2 unspecified atom stereocenters. The summed E-state index contributed by atoms with van der Waals surface area (Å²) < 4.78 is 61.8. The Balaban J connectivity index is 1.51. The molecule has 0 saturated carbocycles. The lowest BCUT2D eigenvalue weighted by molar-refractivity contribution is -0.139. The Morgan fingerprint density at radius 1 is 1.09 bits per heavy atom. The number of imidazole rings is 1. The topological polar surface area (TPSA) is 401 Å². The lowest BCUT2D eigenvalue weighted by atomic mass is 9.87. The van der Waals surface area contributed by atoms with Crippen molar-refractivity contribution in [1.82, 2.24) is 30.2 Å². The van der Waals surface area contributed by atoms with Gasteiger partial charge in [-0.1, -0.05) is 25.6 Å². The predicted molar refractivity (Wildman–Crippen MR) is 179 cm³/mol. The van der Waals surface area contributed by atoms with Crippen LogP contribution in [-0.2, 0) is 55.5 Å². The first-order valence-electron chi connectivity index (χ1n) is 15.2. The maximum Gasteiger partial charge on any atom is 0.481 e. The summed E-state index contributed by atoms with van der Waals surface area (Å²) in [6.07, 6.45) is -7.78. The number of ether oxygens (including phenoxy) is 1. The van der Waals surface area contributed by atoms with Crippen LogP contribution in [-0.4, -0.2) is 134 Å². The molecule has 30 heteroatoms. The maximum atomic E-state index is 12.6. The fourth-order valence-corrected chi connectivity index (χ4v) is 7.96. The van der Waals surface area contributed by atoms with Crippen LogP contribution in [0.5, 0.6) is 0 Å². The quantitative estimate of drug-likeness (QED) is 0.0374. The summed E-state index contributed by atoms with van der Waals surface area (Å²) in [5, 5.41) is 34.0. The van der Waals surface area contributed by atoms with Crippen LogP contribution in [0.3, 0.4) is 0 Å². The molecule has 2 aromatic heterocycles. The van der Waals surface area contributed by atoms with Crippen LogP contribution in [0.4, 0.5) is 5.82 Å². The van der Waals surface area contributed by atoms with E-state index in [1.807, 2.05) is 0 Å². The van der Waals surface area contributed by atoms with Crippen LogP contribution in [0.2, 0.25) is 0 Å². The number of nitrogen functional groups attached to an aromatic ring is 1. The number of carboxylic acids is 1. The summed E-state index contributed by atoms with van der Waals surface area (Å²) >= 11 is 0.718. The highest BCUT2D eigenvalue weighted by molar-refractivity contribution is 8.13. The van der Waals surface area contributed by atoms with Gasteiger partial charge in [0.1, 0.15) is 42.7 Å². The van der Waals surface area contributed by atoms with Crippen molar-refractivity contribution in [2.75, 3.05) is 37.8 Å². The number of carbonyl (C=O) groups is 4. The number of phosphoric acid groups is 3. The van der Waals surface area contributed by atoms with Crippen molar-refractivity contribution in [2.45, 2.75) is 57.3 Å². The van der Waals surface area contributed by atoms with Gasteiger partial charge < -0.3 is 56.0 Å². The number of nitrogens with one attached hydrogen (secondary N) is 2. The molecule has 7 atom stereocenters. The summed E-state index contributed by atoms with van der Waals surface area (Å²) in [4.78, 5) is 97.0. The Morgan fingerprint density at radius 2 is 1.76 bits per heavy atom.